The number of nitrogens with zero attached hydrogens (tertiary/aromatic N) is 3. The Kier molecular flexibility index (Phi) is 6.86. The lowest BCUT2D eigenvalue weighted by molar-refractivity contribution is 0.630. The maximum atomic E-state index is 13.2. The van der Waals surface area contributed by atoms with Crippen LogP contribution in [-0.4, -0.2) is 29.4 Å². The number of nitrogens with one attached hydrogen (secondary N) is 1. The molecule has 0 saturated carbocycles. The van der Waals surface area contributed by atoms with E-state index in [2.05, 4.69) is 14.8 Å². The first kappa shape index (κ1) is 20.8. The van der Waals surface area contributed by atoms with E-state index in [1.807, 2.05) is 55.9 Å². The molecule has 0 aliphatic carbocycles. The average molecular weight is 427 g/mol. The molecule has 148 valence electrons. The highest BCUT2D eigenvalue weighted by atomic mass is 32.2. The molecule has 0 radical (unpaired) electrons. The molecule has 0 atom stereocenters. The Morgan fingerprint density at radius 2 is 1.79 bits per heavy atom. The molecule has 1 N–H and O–H groups in total. The van der Waals surface area contributed by atoms with Crippen LogP contribution in [0.5, 0.6) is 0 Å². The van der Waals surface area contributed by atoms with Gasteiger partial charge in [-0.2, -0.15) is 13.5 Å². The Hall–Kier alpha value is -2.88. The summed E-state index contributed by atoms with van der Waals surface area (Å²) in [6.07, 6.45) is 7.47. The van der Waals surface area contributed by atoms with Gasteiger partial charge >= 0.3 is 11.6 Å². The van der Waals surface area contributed by atoms with Gasteiger partial charge < -0.3 is 0 Å². The highest BCUT2D eigenvalue weighted by Gasteiger charge is 2.08. The van der Waals surface area contributed by atoms with Gasteiger partial charge in [0.1, 0.15) is 0 Å². The molecule has 0 bridgehead atoms. The van der Waals surface area contributed by atoms with E-state index in [1.165, 1.54) is 0 Å². The number of aryl methyl sites for hydroxylation is 1. The third-order valence-electron chi connectivity index (χ3n) is 4.41. The highest BCUT2D eigenvalue weighted by Crippen LogP contribution is 2.22. The summed E-state index contributed by atoms with van der Waals surface area (Å²) in [4.78, 5) is 17.7. The molecule has 0 saturated heterocycles. The third kappa shape index (κ3) is 4.76. The molecule has 2 aromatic carbocycles. The third-order valence-corrected chi connectivity index (χ3v) is 4.84. The minimum Gasteiger partial charge on any atom is -0.289 e. The van der Waals surface area contributed by atoms with Crippen molar-refractivity contribution >= 4 is 45.2 Å². The predicted molar refractivity (Wildman–Crippen MR) is 117 cm³/mol. The summed E-state index contributed by atoms with van der Waals surface area (Å²) >= 11 is 0.812. The SMILES string of the molecule is CSNCc1ccc2ccc3ncc(-c4cnn(C)c4)cc3c(=O)c2c1.O=S=O. The molecule has 0 spiro atoms. The quantitative estimate of drug-likeness (QED) is 0.502. The molecule has 4 rings (SSSR count). The van der Waals surface area contributed by atoms with Gasteiger partial charge in [0.15, 0.2) is 5.43 Å². The van der Waals surface area contributed by atoms with Gasteiger partial charge in [-0.15, -0.1) is 0 Å². The number of benzene rings is 1. The molecule has 29 heavy (non-hydrogen) atoms. The zero-order valence-corrected chi connectivity index (χ0v) is 17.4. The van der Waals surface area contributed by atoms with Crippen LogP contribution in [-0.2, 0) is 25.2 Å². The van der Waals surface area contributed by atoms with E-state index in [-0.39, 0.29) is 5.43 Å². The first-order valence-corrected chi connectivity index (χ1v) is 10.5. The fourth-order valence-electron chi connectivity index (χ4n) is 3.04. The summed E-state index contributed by atoms with van der Waals surface area (Å²) in [6.45, 7) is 0.715. The van der Waals surface area contributed by atoms with E-state index in [1.54, 1.807) is 29.0 Å². The van der Waals surface area contributed by atoms with Crippen LogP contribution in [0, 0.1) is 0 Å². The van der Waals surface area contributed by atoms with Crippen molar-refractivity contribution in [3.8, 4) is 11.1 Å². The van der Waals surface area contributed by atoms with Crippen molar-refractivity contribution in [1.82, 2.24) is 19.5 Å². The van der Waals surface area contributed by atoms with Gasteiger partial charge in [-0.25, -0.2) is 0 Å². The second-order valence-electron chi connectivity index (χ2n) is 6.24. The normalized spacial score (nSPS) is 10.6. The Labute approximate surface area is 174 Å². The monoisotopic (exact) mass is 426 g/mol. The predicted octanol–water partition coefficient (Wildman–Crippen LogP) is 2.85. The lowest BCUT2D eigenvalue weighted by Gasteiger charge is -2.02. The standard InChI is InChI=1S/C20H18N4OS.O2S/c1-24-12-16(11-22-24)15-8-18-19(21-10-15)6-5-14-4-3-13(9-23-26-2)7-17(14)20(18)25;1-3-2/h3-8,10-12,23H,9H2,1-2H3;. The van der Waals surface area contributed by atoms with Crippen molar-refractivity contribution in [3.05, 3.63) is 70.8 Å². The topological polar surface area (TPSA) is 93.9 Å². The van der Waals surface area contributed by atoms with Crippen LogP contribution in [0.2, 0.25) is 0 Å². The summed E-state index contributed by atoms with van der Waals surface area (Å²) in [5.74, 6) is 0. The summed E-state index contributed by atoms with van der Waals surface area (Å²) in [5.41, 5.74) is 3.62. The number of hydrogen-bond acceptors (Lipinski definition) is 7. The van der Waals surface area contributed by atoms with Gasteiger partial charge in [-0.1, -0.05) is 30.1 Å². The Morgan fingerprint density at radius 1 is 1.03 bits per heavy atom. The molecule has 0 aliphatic rings. The molecule has 0 fully saturated rings. The van der Waals surface area contributed by atoms with Gasteiger partial charge in [0.2, 0.25) is 0 Å². The molecule has 2 heterocycles. The maximum Gasteiger partial charge on any atom is 0.335 e. The molecule has 0 aliphatic heterocycles. The van der Waals surface area contributed by atoms with Crippen molar-refractivity contribution in [2.24, 2.45) is 7.05 Å². The van der Waals surface area contributed by atoms with Gasteiger partial charge in [-0.3, -0.25) is 19.2 Å². The number of rotatable bonds is 4. The van der Waals surface area contributed by atoms with E-state index < -0.39 is 11.6 Å². The van der Waals surface area contributed by atoms with E-state index in [9.17, 15) is 4.79 Å². The van der Waals surface area contributed by atoms with Gasteiger partial charge in [0, 0.05) is 47.9 Å². The van der Waals surface area contributed by atoms with Crippen LogP contribution in [0.15, 0.2) is 59.8 Å². The maximum absolute atomic E-state index is 13.2. The van der Waals surface area contributed by atoms with Crippen LogP contribution in [0.4, 0.5) is 0 Å². The minimum atomic E-state index is -0.750. The molecule has 4 aromatic rings. The molecule has 0 amide bonds. The average Bonchev–Trinajstić information content (AvgIpc) is 3.11. The van der Waals surface area contributed by atoms with Crippen LogP contribution in [0.3, 0.4) is 0 Å². The second kappa shape index (κ2) is 9.55. The lowest BCUT2D eigenvalue weighted by Crippen LogP contribution is -2.04. The zero-order chi connectivity index (χ0) is 20.8. The number of pyridine rings is 1. The molecule has 0 unspecified atom stereocenters. The number of hydrogen-bond donors (Lipinski definition) is 1. The summed E-state index contributed by atoms with van der Waals surface area (Å²) in [6, 6.07) is 11.8. The van der Waals surface area contributed by atoms with Crippen molar-refractivity contribution in [2.75, 3.05) is 6.26 Å². The Morgan fingerprint density at radius 3 is 2.48 bits per heavy atom. The molecule has 2 aromatic heterocycles. The first-order valence-electron chi connectivity index (χ1n) is 8.59. The lowest BCUT2D eigenvalue weighted by atomic mass is 10.1. The summed E-state index contributed by atoms with van der Waals surface area (Å²) in [7, 11) is 1.87. The van der Waals surface area contributed by atoms with Crippen LogP contribution < -0.4 is 10.2 Å². The molecule has 7 nitrogen and oxygen atoms in total. The van der Waals surface area contributed by atoms with E-state index in [0.29, 0.717) is 22.8 Å². The summed E-state index contributed by atoms with van der Waals surface area (Å²) < 4.78 is 21.5. The molecule has 9 heteroatoms. The van der Waals surface area contributed by atoms with Crippen molar-refractivity contribution in [2.45, 2.75) is 6.54 Å². The Bertz CT molecular complexity index is 1270. The number of aromatic nitrogens is 3. The largest absolute Gasteiger partial charge is 0.335 e. The van der Waals surface area contributed by atoms with Crippen LogP contribution in [0.25, 0.3) is 32.8 Å². The van der Waals surface area contributed by atoms with E-state index in [4.69, 9.17) is 8.42 Å². The molecular weight excluding hydrogens is 408 g/mol. The van der Waals surface area contributed by atoms with Crippen molar-refractivity contribution < 1.29 is 8.42 Å². The fraction of sp³-hybridized carbons (Fsp3) is 0.150. The smallest absolute Gasteiger partial charge is 0.289 e. The van der Waals surface area contributed by atoms with Gasteiger partial charge in [0.25, 0.3) is 0 Å². The van der Waals surface area contributed by atoms with Crippen LogP contribution in [0.1, 0.15) is 5.56 Å². The number of fused-ring (bicyclic) bond motifs is 2. The Balaban J connectivity index is 0.000000755. The van der Waals surface area contributed by atoms with E-state index in [0.717, 1.165) is 22.1 Å². The first-order chi connectivity index (χ1) is 14.1. The minimum absolute atomic E-state index is 0.00393. The molecular formula is C20H18N4O3S2. The van der Waals surface area contributed by atoms with Crippen LogP contribution >= 0.6 is 11.9 Å². The van der Waals surface area contributed by atoms with Gasteiger partial charge in [-0.05, 0) is 35.4 Å². The van der Waals surface area contributed by atoms with Crippen molar-refractivity contribution in [1.29, 1.82) is 0 Å². The van der Waals surface area contributed by atoms with E-state index >= 15 is 0 Å². The highest BCUT2D eigenvalue weighted by molar-refractivity contribution is 7.96. The van der Waals surface area contributed by atoms with Gasteiger partial charge in [0.05, 0.1) is 11.7 Å². The summed E-state index contributed by atoms with van der Waals surface area (Å²) in [5, 5.41) is 6.46. The second-order valence-corrected chi connectivity index (χ2v) is 7.07. The van der Waals surface area contributed by atoms with Crippen molar-refractivity contribution in [3.63, 3.8) is 0 Å². The zero-order valence-electron chi connectivity index (χ0n) is 15.8. The fourth-order valence-corrected chi connectivity index (χ4v) is 3.35.